The Morgan fingerprint density at radius 2 is 1.75 bits per heavy atom. The third-order valence-corrected chi connectivity index (χ3v) is 3.61. The zero-order valence-electron chi connectivity index (χ0n) is 11.2. The normalized spacial score (nSPS) is 10.2. The van der Waals surface area contributed by atoms with E-state index in [9.17, 15) is 9.59 Å². The fourth-order valence-corrected chi connectivity index (χ4v) is 2.33. The predicted octanol–water partition coefficient (Wildman–Crippen LogP) is 4.21. The van der Waals surface area contributed by atoms with Crippen LogP contribution in [0.2, 0.25) is 0 Å². The van der Waals surface area contributed by atoms with E-state index in [2.05, 4.69) is 21.2 Å². The number of hydrogen-bond acceptors (Lipinski definition) is 2. The molecular formula is C16H14BrNO2. The summed E-state index contributed by atoms with van der Waals surface area (Å²) in [4.78, 5) is 23.9. The lowest BCUT2D eigenvalue weighted by atomic mass is 10.1. The number of Topliss-reactive ketones (excluding diaryl/α,β-unsaturated/α-hetero) is 1. The molecule has 0 spiro atoms. The number of ketones is 1. The Hall–Kier alpha value is -1.94. The molecular weight excluding hydrogens is 318 g/mol. The SMILES string of the molecule is CC(=O)c1ccccc1NC(=O)c1cc(C)ccc1Br. The monoisotopic (exact) mass is 331 g/mol. The van der Waals surface area contributed by atoms with E-state index in [1.54, 1.807) is 30.3 Å². The van der Waals surface area contributed by atoms with Gasteiger partial charge in [-0.25, -0.2) is 0 Å². The first kappa shape index (κ1) is 14.5. The first-order valence-corrected chi connectivity index (χ1v) is 6.96. The molecule has 0 aliphatic heterocycles. The Morgan fingerprint density at radius 3 is 2.45 bits per heavy atom. The number of rotatable bonds is 3. The maximum atomic E-state index is 12.3. The van der Waals surface area contributed by atoms with Crippen LogP contribution >= 0.6 is 15.9 Å². The van der Waals surface area contributed by atoms with Crippen LogP contribution in [0.25, 0.3) is 0 Å². The predicted molar refractivity (Wildman–Crippen MR) is 83.3 cm³/mol. The van der Waals surface area contributed by atoms with Crippen LogP contribution in [0.15, 0.2) is 46.9 Å². The zero-order chi connectivity index (χ0) is 14.7. The van der Waals surface area contributed by atoms with E-state index in [0.717, 1.165) is 10.0 Å². The van der Waals surface area contributed by atoms with Crippen LogP contribution in [-0.4, -0.2) is 11.7 Å². The molecule has 0 saturated heterocycles. The third-order valence-electron chi connectivity index (χ3n) is 2.92. The number of aryl methyl sites for hydroxylation is 1. The lowest BCUT2D eigenvalue weighted by molar-refractivity contribution is 0.101. The van der Waals surface area contributed by atoms with Crippen molar-refractivity contribution >= 4 is 33.3 Å². The van der Waals surface area contributed by atoms with E-state index in [1.165, 1.54) is 6.92 Å². The van der Waals surface area contributed by atoms with Crippen molar-refractivity contribution in [3.63, 3.8) is 0 Å². The Kier molecular flexibility index (Phi) is 4.35. The van der Waals surface area contributed by atoms with Gasteiger partial charge in [-0.1, -0.05) is 23.8 Å². The van der Waals surface area contributed by atoms with Gasteiger partial charge in [0.2, 0.25) is 0 Å². The topological polar surface area (TPSA) is 46.2 Å². The number of anilines is 1. The quantitative estimate of drug-likeness (QED) is 0.856. The summed E-state index contributed by atoms with van der Waals surface area (Å²) in [5.41, 5.74) is 2.57. The van der Waals surface area contributed by atoms with Crippen LogP contribution in [-0.2, 0) is 0 Å². The minimum atomic E-state index is -0.241. The molecule has 0 bridgehead atoms. The van der Waals surface area contributed by atoms with Crippen molar-refractivity contribution in [2.45, 2.75) is 13.8 Å². The van der Waals surface area contributed by atoms with Crippen LogP contribution in [0.5, 0.6) is 0 Å². The molecule has 0 fully saturated rings. The molecule has 20 heavy (non-hydrogen) atoms. The number of benzene rings is 2. The molecule has 0 heterocycles. The van der Waals surface area contributed by atoms with Gasteiger partial charge in [0.15, 0.2) is 5.78 Å². The van der Waals surface area contributed by atoms with E-state index in [-0.39, 0.29) is 11.7 Å². The van der Waals surface area contributed by atoms with Gasteiger partial charge >= 0.3 is 0 Å². The second-order valence-corrected chi connectivity index (χ2v) is 5.39. The number of amides is 1. The maximum absolute atomic E-state index is 12.3. The highest BCUT2D eigenvalue weighted by atomic mass is 79.9. The van der Waals surface area contributed by atoms with Gasteiger partial charge in [0, 0.05) is 10.0 Å². The van der Waals surface area contributed by atoms with Crippen molar-refractivity contribution in [2.75, 3.05) is 5.32 Å². The molecule has 0 radical (unpaired) electrons. The molecule has 0 unspecified atom stereocenters. The zero-order valence-corrected chi connectivity index (χ0v) is 12.8. The second kappa shape index (κ2) is 6.01. The van der Waals surface area contributed by atoms with E-state index >= 15 is 0 Å². The largest absolute Gasteiger partial charge is 0.321 e. The van der Waals surface area contributed by atoms with Crippen molar-refractivity contribution in [3.8, 4) is 0 Å². The summed E-state index contributed by atoms with van der Waals surface area (Å²) < 4.78 is 0.723. The maximum Gasteiger partial charge on any atom is 0.256 e. The number of hydrogen-bond donors (Lipinski definition) is 1. The molecule has 0 saturated carbocycles. The van der Waals surface area contributed by atoms with Crippen LogP contribution in [0.1, 0.15) is 33.2 Å². The number of para-hydroxylation sites is 1. The van der Waals surface area contributed by atoms with Crippen LogP contribution < -0.4 is 5.32 Å². The summed E-state index contributed by atoms with van der Waals surface area (Å²) in [5.74, 6) is -0.321. The molecule has 3 nitrogen and oxygen atoms in total. The van der Waals surface area contributed by atoms with Crippen molar-refractivity contribution in [3.05, 3.63) is 63.6 Å². The Balaban J connectivity index is 2.33. The number of carbonyl (C=O) groups is 2. The Morgan fingerprint density at radius 1 is 1.05 bits per heavy atom. The molecule has 2 aromatic rings. The summed E-state index contributed by atoms with van der Waals surface area (Å²) in [5, 5.41) is 2.79. The summed E-state index contributed by atoms with van der Waals surface area (Å²) in [6, 6.07) is 12.5. The lowest BCUT2D eigenvalue weighted by Crippen LogP contribution is -2.15. The van der Waals surface area contributed by atoms with Gasteiger partial charge in [-0.3, -0.25) is 9.59 Å². The fourth-order valence-electron chi connectivity index (χ4n) is 1.90. The summed E-state index contributed by atoms with van der Waals surface area (Å²) in [7, 11) is 0. The van der Waals surface area contributed by atoms with Gasteiger partial charge in [0.25, 0.3) is 5.91 Å². The van der Waals surface area contributed by atoms with E-state index < -0.39 is 0 Å². The summed E-state index contributed by atoms with van der Waals surface area (Å²) in [6.07, 6.45) is 0. The molecule has 2 aromatic carbocycles. The average molecular weight is 332 g/mol. The molecule has 0 aliphatic carbocycles. The van der Waals surface area contributed by atoms with Crippen LogP contribution in [0, 0.1) is 6.92 Å². The van der Waals surface area contributed by atoms with Gasteiger partial charge in [0.05, 0.1) is 11.3 Å². The first-order chi connectivity index (χ1) is 9.49. The van der Waals surface area contributed by atoms with E-state index in [4.69, 9.17) is 0 Å². The highest BCUT2D eigenvalue weighted by molar-refractivity contribution is 9.10. The minimum absolute atomic E-state index is 0.0794. The first-order valence-electron chi connectivity index (χ1n) is 6.16. The number of halogens is 1. The molecule has 0 atom stereocenters. The van der Waals surface area contributed by atoms with Crippen LogP contribution in [0.4, 0.5) is 5.69 Å². The van der Waals surface area contributed by atoms with Gasteiger partial charge < -0.3 is 5.32 Å². The number of nitrogens with one attached hydrogen (secondary N) is 1. The molecule has 102 valence electrons. The van der Waals surface area contributed by atoms with E-state index in [0.29, 0.717) is 16.8 Å². The third kappa shape index (κ3) is 3.14. The van der Waals surface area contributed by atoms with Crippen molar-refractivity contribution in [1.82, 2.24) is 0 Å². The van der Waals surface area contributed by atoms with Gasteiger partial charge in [0.1, 0.15) is 0 Å². The van der Waals surface area contributed by atoms with Crippen molar-refractivity contribution < 1.29 is 9.59 Å². The second-order valence-electron chi connectivity index (χ2n) is 4.54. The Bertz CT molecular complexity index is 680. The van der Waals surface area contributed by atoms with Gasteiger partial charge in [-0.05, 0) is 54.0 Å². The summed E-state index contributed by atoms with van der Waals surface area (Å²) in [6.45, 7) is 3.40. The van der Waals surface area contributed by atoms with Gasteiger partial charge in [-0.2, -0.15) is 0 Å². The number of carbonyl (C=O) groups excluding carboxylic acids is 2. The highest BCUT2D eigenvalue weighted by Crippen LogP contribution is 2.21. The van der Waals surface area contributed by atoms with Crippen molar-refractivity contribution in [1.29, 1.82) is 0 Å². The standard InChI is InChI=1S/C16H14BrNO2/c1-10-7-8-14(17)13(9-10)16(20)18-15-6-4-3-5-12(15)11(2)19/h3-9H,1-2H3,(H,18,20). The van der Waals surface area contributed by atoms with Gasteiger partial charge in [-0.15, -0.1) is 0 Å². The van der Waals surface area contributed by atoms with Crippen molar-refractivity contribution in [2.24, 2.45) is 0 Å². The summed E-state index contributed by atoms with van der Waals surface area (Å²) >= 11 is 3.36. The molecule has 4 heteroatoms. The van der Waals surface area contributed by atoms with E-state index in [1.807, 2.05) is 19.1 Å². The minimum Gasteiger partial charge on any atom is -0.321 e. The Labute approximate surface area is 126 Å². The molecule has 0 aromatic heterocycles. The molecule has 1 amide bonds. The fraction of sp³-hybridized carbons (Fsp3) is 0.125. The molecule has 0 aliphatic rings. The smallest absolute Gasteiger partial charge is 0.256 e. The van der Waals surface area contributed by atoms with Crippen LogP contribution in [0.3, 0.4) is 0 Å². The molecule has 1 N–H and O–H groups in total. The highest BCUT2D eigenvalue weighted by Gasteiger charge is 2.13. The molecule has 2 rings (SSSR count). The lowest BCUT2D eigenvalue weighted by Gasteiger charge is -2.10. The average Bonchev–Trinajstić information content (AvgIpc) is 2.41.